The molecule has 1 saturated heterocycles. The molecule has 1 aliphatic carbocycles. The fourth-order valence-electron chi connectivity index (χ4n) is 3.70. The van der Waals surface area contributed by atoms with Crippen LogP contribution in [0.25, 0.3) is 0 Å². The summed E-state index contributed by atoms with van der Waals surface area (Å²) >= 11 is 0. The number of nitrogens with zero attached hydrogens (tertiary/aromatic N) is 2. The van der Waals surface area contributed by atoms with Crippen LogP contribution in [0.2, 0.25) is 0 Å². The van der Waals surface area contributed by atoms with Gasteiger partial charge in [0.05, 0.1) is 6.10 Å². The largest absolute Gasteiger partial charge is 0.378 e. The quantitative estimate of drug-likeness (QED) is 0.829. The van der Waals surface area contributed by atoms with Crippen molar-refractivity contribution in [2.24, 2.45) is 11.3 Å². The van der Waals surface area contributed by atoms with E-state index in [1.165, 1.54) is 44.3 Å². The van der Waals surface area contributed by atoms with Crippen LogP contribution in [0.5, 0.6) is 0 Å². The Hall–Kier alpha value is -0.930. The number of ether oxygens (including phenoxy) is 1. The second kappa shape index (κ2) is 6.45. The average molecular weight is 288 g/mol. The van der Waals surface area contributed by atoms with Crippen LogP contribution in [0.1, 0.15) is 45.1 Å². The van der Waals surface area contributed by atoms with Gasteiger partial charge in [-0.25, -0.2) is 0 Å². The number of piperidine rings is 1. The van der Waals surface area contributed by atoms with Crippen molar-refractivity contribution < 1.29 is 4.74 Å². The van der Waals surface area contributed by atoms with E-state index in [0.717, 1.165) is 13.2 Å². The van der Waals surface area contributed by atoms with E-state index in [0.29, 0.717) is 17.4 Å². The summed E-state index contributed by atoms with van der Waals surface area (Å²) in [5.74, 6) is 0.655. The van der Waals surface area contributed by atoms with Crippen LogP contribution < -0.4 is 0 Å². The standard InChI is InChI=1S/C18H28N2O/c1-15(2)14-21-17-10-18(11-17)5-8-20(9-6-18)13-16-4-3-7-19-12-16/h3-4,7,12,15,17H,5-6,8-11,13-14H2,1-2H3. The Morgan fingerprint density at radius 2 is 2.10 bits per heavy atom. The molecule has 0 atom stereocenters. The Bertz CT molecular complexity index is 430. The Kier molecular flexibility index (Phi) is 4.60. The Balaban J connectivity index is 1.40. The van der Waals surface area contributed by atoms with E-state index < -0.39 is 0 Å². The third-order valence-electron chi connectivity index (χ3n) is 5.03. The van der Waals surface area contributed by atoms with Gasteiger partial charge in [0.15, 0.2) is 0 Å². The zero-order valence-electron chi connectivity index (χ0n) is 13.4. The first kappa shape index (κ1) is 15.0. The average Bonchev–Trinajstić information content (AvgIpc) is 2.45. The van der Waals surface area contributed by atoms with Crippen molar-refractivity contribution >= 4 is 0 Å². The van der Waals surface area contributed by atoms with Crippen molar-refractivity contribution in [2.45, 2.75) is 52.2 Å². The van der Waals surface area contributed by atoms with Gasteiger partial charge in [0.2, 0.25) is 0 Å². The molecule has 2 fully saturated rings. The van der Waals surface area contributed by atoms with E-state index in [9.17, 15) is 0 Å². The van der Waals surface area contributed by atoms with Gasteiger partial charge in [-0.3, -0.25) is 9.88 Å². The van der Waals surface area contributed by atoms with Gasteiger partial charge >= 0.3 is 0 Å². The molecule has 0 aromatic carbocycles. The van der Waals surface area contributed by atoms with Crippen LogP contribution in [-0.2, 0) is 11.3 Å². The zero-order chi connectivity index (χ0) is 14.7. The maximum atomic E-state index is 5.97. The van der Waals surface area contributed by atoms with Gasteiger partial charge in [-0.2, -0.15) is 0 Å². The van der Waals surface area contributed by atoms with Crippen molar-refractivity contribution in [3.63, 3.8) is 0 Å². The van der Waals surface area contributed by atoms with Crippen molar-refractivity contribution in [3.8, 4) is 0 Å². The monoisotopic (exact) mass is 288 g/mol. The number of rotatable bonds is 5. The first-order valence-electron chi connectivity index (χ1n) is 8.38. The lowest BCUT2D eigenvalue weighted by atomic mass is 9.61. The van der Waals surface area contributed by atoms with Gasteiger partial charge in [-0.1, -0.05) is 19.9 Å². The topological polar surface area (TPSA) is 25.4 Å². The molecule has 0 bridgehead atoms. The van der Waals surface area contributed by atoms with Crippen LogP contribution in [0.15, 0.2) is 24.5 Å². The Morgan fingerprint density at radius 1 is 1.33 bits per heavy atom. The molecule has 3 heteroatoms. The van der Waals surface area contributed by atoms with Crippen LogP contribution in [0, 0.1) is 11.3 Å². The minimum absolute atomic E-state index is 0.539. The predicted octanol–water partition coefficient (Wildman–Crippen LogP) is 3.50. The third kappa shape index (κ3) is 3.83. The summed E-state index contributed by atoms with van der Waals surface area (Å²) in [6, 6.07) is 4.21. The summed E-state index contributed by atoms with van der Waals surface area (Å²) in [4.78, 5) is 6.78. The van der Waals surface area contributed by atoms with Crippen LogP contribution >= 0.6 is 0 Å². The molecule has 1 aliphatic heterocycles. The molecule has 1 saturated carbocycles. The van der Waals surface area contributed by atoms with Gasteiger partial charge in [0.1, 0.15) is 0 Å². The zero-order valence-corrected chi connectivity index (χ0v) is 13.4. The number of hydrogen-bond donors (Lipinski definition) is 0. The van der Waals surface area contributed by atoms with Gasteiger partial charge in [0.25, 0.3) is 0 Å². The Morgan fingerprint density at radius 3 is 2.71 bits per heavy atom. The molecule has 116 valence electrons. The van der Waals surface area contributed by atoms with Gasteiger partial charge < -0.3 is 4.74 Å². The van der Waals surface area contributed by atoms with Crippen molar-refractivity contribution in [1.82, 2.24) is 9.88 Å². The molecular formula is C18H28N2O. The summed E-state index contributed by atoms with van der Waals surface area (Å²) < 4.78 is 5.97. The lowest BCUT2D eigenvalue weighted by Crippen LogP contribution is -2.49. The van der Waals surface area contributed by atoms with Gasteiger partial charge in [-0.15, -0.1) is 0 Å². The predicted molar refractivity (Wildman–Crippen MR) is 85.0 cm³/mol. The van der Waals surface area contributed by atoms with E-state index in [-0.39, 0.29) is 0 Å². The number of pyridine rings is 1. The smallest absolute Gasteiger partial charge is 0.0585 e. The van der Waals surface area contributed by atoms with Crippen molar-refractivity contribution in [2.75, 3.05) is 19.7 Å². The minimum atomic E-state index is 0.539. The number of likely N-dealkylation sites (tertiary alicyclic amines) is 1. The highest BCUT2D eigenvalue weighted by atomic mass is 16.5. The molecule has 1 spiro atoms. The molecular weight excluding hydrogens is 260 g/mol. The van der Waals surface area contributed by atoms with E-state index >= 15 is 0 Å². The van der Waals surface area contributed by atoms with E-state index in [2.05, 4.69) is 29.8 Å². The lowest BCUT2D eigenvalue weighted by Gasteiger charge is -2.52. The minimum Gasteiger partial charge on any atom is -0.378 e. The second-order valence-electron chi connectivity index (χ2n) is 7.39. The first-order valence-corrected chi connectivity index (χ1v) is 8.38. The van der Waals surface area contributed by atoms with Gasteiger partial charge in [0, 0.05) is 25.5 Å². The molecule has 2 aliphatic rings. The third-order valence-corrected chi connectivity index (χ3v) is 5.03. The van der Waals surface area contributed by atoms with E-state index in [4.69, 9.17) is 4.74 Å². The highest BCUT2D eigenvalue weighted by molar-refractivity contribution is 5.08. The summed E-state index contributed by atoms with van der Waals surface area (Å²) in [5, 5.41) is 0. The summed E-state index contributed by atoms with van der Waals surface area (Å²) in [6.07, 6.45) is 9.64. The van der Waals surface area contributed by atoms with Gasteiger partial charge in [-0.05, 0) is 61.7 Å². The normalized spacial score (nSPS) is 22.6. The Labute approximate surface area is 128 Å². The van der Waals surface area contributed by atoms with Crippen LogP contribution in [0.3, 0.4) is 0 Å². The second-order valence-corrected chi connectivity index (χ2v) is 7.39. The van der Waals surface area contributed by atoms with Crippen molar-refractivity contribution in [3.05, 3.63) is 30.1 Å². The van der Waals surface area contributed by atoms with Crippen molar-refractivity contribution in [1.29, 1.82) is 0 Å². The highest BCUT2D eigenvalue weighted by Crippen LogP contribution is 2.50. The molecule has 3 rings (SSSR count). The molecule has 2 heterocycles. The molecule has 3 nitrogen and oxygen atoms in total. The van der Waals surface area contributed by atoms with E-state index in [1.807, 2.05) is 18.5 Å². The molecule has 1 aromatic heterocycles. The van der Waals surface area contributed by atoms with Crippen LogP contribution in [0.4, 0.5) is 0 Å². The number of hydrogen-bond acceptors (Lipinski definition) is 3. The fraction of sp³-hybridized carbons (Fsp3) is 0.722. The molecule has 0 unspecified atom stereocenters. The molecule has 21 heavy (non-hydrogen) atoms. The first-order chi connectivity index (χ1) is 10.2. The summed E-state index contributed by atoms with van der Waals surface area (Å²) in [6.45, 7) is 8.89. The maximum Gasteiger partial charge on any atom is 0.0585 e. The lowest BCUT2D eigenvalue weighted by molar-refractivity contribution is -0.110. The summed E-state index contributed by atoms with van der Waals surface area (Å²) in [5.41, 5.74) is 1.94. The van der Waals surface area contributed by atoms with E-state index in [1.54, 1.807) is 0 Å². The molecule has 0 radical (unpaired) electrons. The molecule has 1 aromatic rings. The SMILES string of the molecule is CC(C)COC1CC2(CCN(Cc3cccnc3)CC2)C1. The fourth-order valence-corrected chi connectivity index (χ4v) is 3.70. The number of aromatic nitrogens is 1. The maximum absolute atomic E-state index is 5.97. The summed E-state index contributed by atoms with van der Waals surface area (Å²) in [7, 11) is 0. The molecule has 0 amide bonds. The van der Waals surface area contributed by atoms with Crippen LogP contribution in [-0.4, -0.2) is 35.7 Å². The highest BCUT2D eigenvalue weighted by Gasteiger charge is 2.46. The molecule has 0 N–H and O–H groups in total.